The van der Waals surface area contributed by atoms with E-state index in [-0.39, 0.29) is 12.2 Å². The lowest BCUT2D eigenvalue weighted by atomic mass is 10.0. The topological polar surface area (TPSA) is 108 Å². The highest BCUT2D eigenvalue weighted by molar-refractivity contribution is 7.62. The van der Waals surface area contributed by atoms with Crippen LogP contribution in [0.4, 0.5) is 5.69 Å². The van der Waals surface area contributed by atoms with Gasteiger partial charge in [0, 0.05) is 5.56 Å². The predicted molar refractivity (Wildman–Crippen MR) is 113 cm³/mol. The van der Waals surface area contributed by atoms with E-state index >= 15 is 0 Å². The molecule has 0 aliphatic heterocycles. The molecule has 2 aromatic carbocycles. The fraction of sp³-hybridized carbons (Fsp3) is 0.300. The summed E-state index contributed by atoms with van der Waals surface area (Å²) in [6.07, 6.45) is 2.94. The number of nitroso groups, excluding NO2 is 1. The van der Waals surface area contributed by atoms with Crippen molar-refractivity contribution in [1.82, 2.24) is 5.32 Å². The average Bonchev–Trinajstić information content (AvgIpc) is 2.61. The Bertz CT molecular complexity index is 927. The maximum Gasteiger partial charge on any atom is 0.251 e. The van der Waals surface area contributed by atoms with Gasteiger partial charge in [0.1, 0.15) is 24.5 Å². The number of hydrogen-bond donors (Lipinski definition) is 3. The van der Waals surface area contributed by atoms with Gasteiger partial charge in [0.15, 0.2) is 0 Å². The molecule has 2 rings (SSSR count). The molecule has 1 amide bonds. The third-order valence-corrected chi connectivity index (χ3v) is 4.82. The van der Waals surface area contributed by atoms with E-state index in [2.05, 4.69) is 16.8 Å². The van der Waals surface area contributed by atoms with Crippen LogP contribution in [0.1, 0.15) is 46.8 Å². The van der Waals surface area contributed by atoms with Crippen molar-refractivity contribution < 1.29 is 19.3 Å². The molecule has 3 N–H and O–H groups in total. The zero-order valence-electron chi connectivity index (χ0n) is 16.4. The number of nitrogens with zero attached hydrogens (tertiary/aromatic N) is 1. The van der Waals surface area contributed by atoms with E-state index in [1.54, 1.807) is 30.3 Å². The lowest BCUT2D eigenvalue weighted by Gasteiger charge is -2.16. The van der Waals surface area contributed by atoms with E-state index in [9.17, 15) is 19.5 Å². The summed E-state index contributed by atoms with van der Waals surface area (Å²) >= 11 is 0. The van der Waals surface area contributed by atoms with Crippen molar-refractivity contribution in [1.29, 1.82) is 0 Å². The van der Waals surface area contributed by atoms with Gasteiger partial charge in [-0.1, -0.05) is 20.1 Å². The second-order valence-corrected chi connectivity index (χ2v) is 9.12. The highest BCUT2D eigenvalue weighted by Gasteiger charge is 2.15. The molecule has 0 aromatic heterocycles. The fourth-order valence-corrected chi connectivity index (χ4v) is 3.20. The molecule has 0 atom stereocenters. The van der Waals surface area contributed by atoms with Crippen molar-refractivity contribution in [3.63, 3.8) is 0 Å². The number of aryl methyl sites for hydroxylation is 2. The number of amides is 1. The summed E-state index contributed by atoms with van der Waals surface area (Å²) in [6, 6.07) is 8.44. The molecule has 7 nitrogen and oxygen atoms in total. The molecule has 0 fully saturated rings. The summed E-state index contributed by atoms with van der Waals surface area (Å²) in [4.78, 5) is 41.8. The van der Waals surface area contributed by atoms with Crippen LogP contribution in [0, 0.1) is 18.8 Å². The van der Waals surface area contributed by atoms with E-state index in [0.717, 1.165) is 16.7 Å². The lowest BCUT2D eigenvalue weighted by molar-refractivity contribution is 0.0958. The minimum atomic E-state index is -3.33. The number of carbonyl (C=O) groups excluding carboxylic acids is 1. The van der Waals surface area contributed by atoms with Crippen molar-refractivity contribution in [2.75, 3.05) is 6.29 Å². The van der Waals surface area contributed by atoms with Gasteiger partial charge in [-0.05, 0) is 72.0 Å². The Hall–Kier alpha value is -2.47. The first-order valence-corrected chi connectivity index (χ1v) is 10.8. The Labute approximate surface area is 164 Å². The van der Waals surface area contributed by atoms with E-state index in [1.165, 1.54) is 0 Å². The SMILES string of the molecule is C=P(O)(O)CNC(=O)c1cc(C)c(Oc2ccc(N=O)c(C(C)C)c2)c(C)c1. The van der Waals surface area contributed by atoms with Gasteiger partial charge in [-0.2, -0.15) is 0 Å². The van der Waals surface area contributed by atoms with Crippen LogP contribution in [0.2, 0.25) is 0 Å². The number of rotatable bonds is 7. The molecular weight excluding hydrogens is 379 g/mol. The summed E-state index contributed by atoms with van der Waals surface area (Å²) in [7, 11) is -3.33. The summed E-state index contributed by atoms with van der Waals surface area (Å²) in [6.45, 7) is 7.58. The van der Waals surface area contributed by atoms with Gasteiger partial charge in [0.05, 0.1) is 6.29 Å². The Morgan fingerprint density at radius 2 is 1.82 bits per heavy atom. The number of carbonyl (C=O) groups is 1. The van der Waals surface area contributed by atoms with Gasteiger partial charge in [-0.15, -0.1) is 4.91 Å². The van der Waals surface area contributed by atoms with Gasteiger partial charge in [0.25, 0.3) is 5.91 Å². The lowest BCUT2D eigenvalue weighted by Crippen LogP contribution is -2.24. The number of nitrogens with one attached hydrogen (secondary N) is 1. The number of benzene rings is 2. The summed E-state index contributed by atoms with van der Waals surface area (Å²) < 4.78 is 6.02. The summed E-state index contributed by atoms with van der Waals surface area (Å²) in [5.41, 5.74) is 3.07. The highest BCUT2D eigenvalue weighted by atomic mass is 31.2. The van der Waals surface area contributed by atoms with E-state index < -0.39 is 13.2 Å². The molecule has 0 bridgehead atoms. The zero-order chi connectivity index (χ0) is 21.1. The van der Waals surface area contributed by atoms with Crippen LogP contribution in [0.5, 0.6) is 11.5 Å². The Kier molecular flexibility index (Phi) is 6.77. The molecule has 0 heterocycles. The highest BCUT2D eigenvalue weighted by Crippen LogP contribution is 2.35. The molecule has 150 valence electrons. The summed E-state index contributed by atoms with van der Waals surface area (Å²) in [5.74, 6) is 0.885. The van der Waals surface area contributed by atoms with Gasteiger partial charge in [0.2, 0.25) is 0 Å². The third-order valence-electron chi connectivity index (χ3n) is 4.15. The number of hydrogen-bond acceptors (Lipinski definition) is 6. The minimum absolute atomic E-state index is 0.116. The van der Waals surface area contributed by atoms with Crippen LogP contribution in [0.15, 0.2) is 35.5 Å². The minimum Gasteiger partial charge on any atom is -0.457 e. The quantitative estimate of drug-likeness (QED) is 0.463. The average molecular weight is 404 g/mol. The Balaban J connectivity index is 2.28. The van der Waals surface area contributed by atoms with Crippen molar-refractivity contribution in [2.45, 2.75) is 33.6 Å². The molecule has 0 aliphatic carbocycles. The van der Waals surface area contributed by atoms with Crippen LogP contribution >= 0.6 is 7.34 Å². The summed E-state index contributed by atoms with van der Waals surface area (Å²) in [5, 5.41) is 5.52. The molecule has 8 heteroatoms. The molecule has 2 aromatic rings. The monoisotopic (exact) mass is 404 g/mol. The van der Waals surface area contributed by atoms with Gasteiger partial charge in [-0.25, -0.2) is 0 Å². The van der Waals surface area contributed by atoms with Crippen LogP contribution < -0.4 is 10.1 Å². The molecule has 0 saturated carbocycles. The maximum absolute atomic E-state index is 12.2. The van der Waals surface area contributed by atoms with E-state index in [4.69, 9.17) is 4.74 Å². The van der Waals surface area contributed by atoms with Crippen LogP contribution in [0.3, 0.4) is 0 Å². The standard InChI is InChI=1S/C20H25N2O5P/c1-12(2)17-10-16(6-7-18(17)22-24)27-19-13(3)8-15(9-14(19)4)20(23)21-11-28(5,25)26/h6-10,12,25-26H,5,11H2,1-4H3,(H,21,23). The first kappa shape index (κ1) is 21.8. The molecule has 0 saturated heterocycles. The first-order valence-electron chi connectivity index (χ1n) is 8.74. The van der Waals surface area contributed by atoms with Crippen LogP contribution in [-0.4, -0.2) is 28.3 Å². The smallest absolute Gasteiger partial charge is 0.251 e. The second-order valence-electron chi connectivity index (χ2n) is 7.05. The molecule has 0 radical (unpaired) electrons. The fourth-order valence-electron chi connectivity index (χ4n) is 2.80. The Morgan fingerprint density at radius 3 is 2.32 bits per heavy atom. The van der Waals surface area contributed by atoms with Crippen molar-refractivity contribution >= 4 is 25.2 Å². The normalized spacial score (nSPS) is 11.4. The molecule has 0 unspecified atom stereocenters. The van der Waals surface area contributed by atoms with E-state index in [0.29, 0.717) is 22.7 Å². The van der Waals surface area contributed by atoms with Crippen molar-refractivity contribution in [3.8, 4) is 11.5 Å². The zero-order valence-corrected chi connectivity index (χ0v) is 17.3. The van der Waals surface area contributed by atoms with Crippen molar-refractivity contribution in [3.05, 3.63) is 57.5 Å². The van der Waals surface area contributed by atoms with Gasteiger partial charge >= 0.3 is 0 Å². The van der Waals surface area contributed by atoms with Crippen molar-refractivity contribution in [2.24, 2.45) is 5.18 Å². The second kappa shape index (κ2) is 8.69. The molecule has 0 spiro atoms. The van der Waals surface area contributed by atoms with Crippen LogP contribution in [-0.2, 0) is 0 Å². The first-order chi connectivity index (χ1) is 13.0. The van der Waals surface area contributed by atoms with Crippen LogP contribution in [0.25, 0.3) is 0 Å². The maximum atomic E-state index is 12.2. The molecule has 28 heavy (non-hydrogen) atoms. The van der Waals surface area contributed by atoms with E-state index in [1.807, 2.05) is 27.7 Å². The molecule has 0 aliphatic rings. The third kappa shape index (κ3) is 5.52. The van der Waals surface area contributed by atoms with Gasteiger partial charge < -0.3 is 19.8 Å². The largest absolute Gasteiger partial charge is 0.457 e. The Morgan fingerprint density at radius 1 is 1.21 bits per heavy atom. The van der Waals surface area contributed by atoms with Gasteiger partial charge in [-0.3, -0.25) is 4.79 Å². The molecular formula is C20H25N2O5P. The number of ether oxygens (including phenoxy) is 1. The predicted octanol–water partition coefficient (Wildman–Crippen LogP) is 4.57.